The molecular weight excluding hydrogens is 230 g/mol. The van der Waals surface area contributed by atoms with E-state index in [4.69, 9.17) is 0 Å². The van der Waals surface area contributed by atoms with E-state index < -0.39 is 25.6 Å². The molecule has 0 amide bonds. The van der Waals surface area contributed by atoms with Gasteiger partial charge in [-0.2, -0.15) is 13.2 Å². The molecule has 13 heavy (non-hydrogen) atoms. The van der Waals surface area contributed by atoms with Crippen molar-refractivity contribution in [3.63, 3.8) is 0 Å². The van der Waals surface area contributed by atoms with E-state index in [1.807, 2.05) is 0 Å². The number of hydrogen-bond donors (Lipinski definition) is 0. The summed E-state index contributed by atoms with van der Waals surface area (Å²) in [6.07, 6.45) is 0.246. The molecule has 0 aliphatic carbocycles. The molecule has 0 rings (SSSR count). The summed E-state index contributed by atoms with van der Waals surface area (Å²) in [6.45, 7) is 0. The number of rotatable bonds is 2. The Morgan fingerprint density at radius 2 is 1.38 bits per heavy atom. The molecule has 0 aromatic carbocycles. The number of nitrogens with zero attached hydrogens (tertiary/aromatic N) is 1. The first-order chi connectivity index (χ1) is 4.96. The van der Waals surface area contributed by atoms with Gasteiger partial charge in [0.2, 0.25) is 0 Å². The zero-order valence-corrected chi connectivity index (χ0v) is 8.16. The third-order valence-corrected chi connectivity index (χ3v) is 2.98. The molecule has 0 unspecified atom stereocenters. The predicted molar refractivity (Wildman–Crippen MR) is 33.2 cm³/mol. The first-order valence-corrected chi connectivity index (χ1v) is 5.50. The van der Waals surface area contributed by atoms with E-state index in [0.29, 0.717) is 0 Å². The molecule has 0 fully saturated rings. The van der Waals surface area contributed by atoms with Crippen LogP contribution in [0.1, 0.15) is 0 Å². The first kappa shape index (κ1) is 15.7. The molecule has 0 N–H and O–H groups in total. The fourth-order valence-corrected chi connectivity index (χ4v) is 1.98. The maximum absolute atomic E-state index is 11.4. The Bertz CT molecular complexity index is 355. The molecule has 0 aromatic heterocycles. The van der Waals surface area contributed by atoms with Gasteiger partial charge in [-0.15, -0.1) is 0 Å². The summed E-state index contributed by atoms with van der Waals surface area (Å²) in [5.41, 5.74) is -5.67. The standard InChI is InChI=1S/C2H3F3NO4S2.Li/c1-11(7,8)6-12(9,10)2(3,4)5;/h1H3;/q-1;+1. The van der Waals surface area contributed by atoms with Crippen molar-refractivity contribution in [1.29, 1.82) is 0 Å². The Kier molecular flexibility index (Phi) is 5.05. The fourth-order valence-electron chi connectivity index (χ4n) is 0.221. The van der Waals surface area contributed by atoms with Gasteiger partial charge in [-0.25, -0.2) is 16.8 Å². The summed E-state index contributed by atoms with van der Waals surface area (Å²) in [5, 5.41) is 0. The minimum atomic E-state index is -5.92. The van der Waals surface area contributed by atoms with Gasteiger partial charge < -0.3 is 4.13 Å². The molecule has 0 spiro atoms. The Morgan fingerprint density at radius 1 is 1.08 bits per heavy atom. The molecule has 0 aromatic rings. The van der Waals surface area contributed by atoms with Crippen LogP contribution in [0.2, 0.25) is 0 Å². The van der Waals surface area contributed by atoms with Crippen molar-refractivity contribution in [2.75, 3.05) is 6.26 Å². The molecule has 0 aliphatic heterocycles. The molecule has 0 bridgehead atoms. The topological polar surface area (TPSA) is 82.4 Å². The Hall–Kier alpha value is 0.247. The van der Waals surface area contributed by atoms with Gasteiger partial charge >= 0.3 is 24.4 Å². The Morgan fingerprint density at radius 3 is 1.46 bits per heavy atom. The minimum absolute atomic E-state index is 0. The molecule has 0 aliphatic rings. The van der Waals surface area contributed by atoms with Crippen molar-refractivity contribution in [2.45, 2.75) is 5.51 Å². The van der Waals surface area contributed by atoms with Crippen LogP contribution in [0.3, 0.4) is 0 Å². The molecule has 0 atom stereocenters. The van der Waals surface area contributed by atoms with E-state index in [-0.39, 0.29) is 25.1 Å². The van der Waals surface area contributed by atoms with Crippen LogP contribution in [0.5, 0.6) is 0 Å². The van der Waals surface area contributed by atoms with Crippen LogP contribution in [0, 0.1) is 0 Å². The van der Waals surface area contributed by atoms with Gasteiger partial charge in [-0.3, -0.25) is 0 Å². The zero-order valence-electron chi connectivity index (χ0n) is 6.53. The third kappa shape index (κ3) is 5.53. The van der Waals surface area contributed by atoms with Gasteiger partial charge in [0.05, 0.1) is 10.0 Å². The first-order valence-electron chi connectivity index (χ1n) is 2.21. The van der Waals surface area contributed by atoms with Crippen LogP contribution in [0.15, 0.2) is 0 Å². The van der Waals surface area contributed by atoms with E-state index in [0.717, 1.165) is 0 Å². The van der Waals surface area contributed by atoms with Gasteiger partial charge in [-0.1, -0.05) is 0 Å². The normalized spacial score (nSPS) is 13.5. The smallest absolute Gasteiger partial charge is 0.429 e. The van der Waals surface area contributed by atoms with Crippen LogP contribution in [-0.4, -0.2) is 28.6 Å². The van der Waals surface area contributed by atoms with Gasteiger partial charge in [0.15, 0.2) is 10.0 Å². The Labute approximate surface area is 85.0 Å². The van der Waals surface area contributed by atoms with E-state index in [9.17, 15) is 30.0 Å². The van der Waals surface area contributed by atoms with Crippen molar-refractivity contribution >= 4 is 20.0 Å². The maximum atomic E-state index is 11.4. The van der Waals surface area contributed by atoms with Crippen LogP contribution >= 0.6 is 0 Å². The molecule has 0 radical (unpaired) electrons. The van der Waals surface area contributed by atoms with E-state index in [1.54, 1.807) is 4.13 Å². The molecule has 0 heterocycles. The largest absolute Gasteiger partial charge is 1.00 e. The van der Waals surface area contributed by atoms with Crippen molar-refractivity contribution in [1.82, 2.24) is 0 Å². The summed E-state index contributed by atoms with van der Waals surface area (Å²) >= 11 is 0. The monoisotopic (exact) mass is 233 g/mol. The van der Waals surface area contributed by atoms with Gasteiger partial charge in [-0.05, 0) is 0 Å². The summed E-state index contributed by atoms with van der Waals surface area (Å²) < 4.78 is 76.0. The van der Waals surface area contributed by atoms with Gasteiger partial charge in [0.25, 0.3) is 0 Å². The molecule has 11 heteroatoms. The average molecular weight is 233 g/mol. The summed E-state index contributed by atoms with van der Waals surface area (Å²) in [4.78, 5) is 0. The van der Waals surface area contributed by atoms with Gasteiger partial charge in [0.1, 0.15) is 0 Å². The number of hydrogen-bond acceptors (Lipinski definition) is 4. The second kappa shape index (κ2) is 4.18. The minimum Gasteiger partial charge on any atom is -0.429 e. The van der Waals surface area contributed by atoms with Gasteiger partial charge in [0, 0.05) is 6.26 Å². The summed E-state index contributed by atoms with van der Waals surface area (Å²) in [6, 6.07) is 0. The predicted octanol–water partition coefficient (Wildman–Crippen LogP) is -2.83. The number of alkyl halides is 3. The molecule has 74 valence electrons. The second-order valence-corrected chi connectivity index (χ2v) is 5.20. The van der Waals surface area contributed by atoms with E-state index in [2.05, 4.69) is 0 Å². The summed E-state index contributed by atoms with van der Waals surface area (Å²) in [5.74, 6) is 0. The second-order valence-electron chi connectivity index (χ2n) is 1.73. The van der Waals surface area contributed by atoms with Crippen molar-refractivity contribution in [2.24, 2.45) is 0 Å². The van der Waals surface area contributed by atoms with Crippen molar-refractivity contribution in [3.8, 4) is 0 Å². The number of sulfonamides is 2. The van der Waals surface area contributed by atoms with Crippen molar-refractivity contribution < 1.29 is 48.9 Å². The van der Waals surface area contributed by atoms with E-state index >= 15 is 0 Å². The third-order valence-electron chi connectivity index (χ3n) is 0.526. The molecular formula is C2H3F3LiNO4S2. The number of halogens is 3. The fraction of sp³-hybridized carbons (Fsp3) is 1.00. The molecule has 0 saturated carbocycles. The molecule has 0 saturated heterocycles. The van der Waals surface area contributed by atoms with Crippen LogP contribution in [0.25, 0.3) is 4.13 Å². The van der Waals surface area contributed by atoms with Crippen LogP contribution in [0.4, 0.5) is 13.2 Å². The SMILES string of the molecule is CS(=O)(=O)[N-]S(=O)(=O)C(F)(F)F.[Li+]. The summed E-state index contributed by atoms with van der Waals surface area (Å²) in [7, 11) is -10.5. The Balaban J connectivity index is 0. The van der Waals surface area contributed by atoms with E-state index in [1.165, 1.54) is 0 Å². The molecule has 5 nitrogen and oxygen atoms in total. The van der Waals surface area contributed by atoms with Crippen LogP contribution < -0.4 is 18.9 Å². The van der Waals surface area contributed by atoms with Crippen molar-refractivity contribution in [3.05, 3.63) is 4.13 Å². The zero-order chi connectivity index (χ0) is 10.2. The van der Waals surface area contributed by atoms with Crippen LogP contribution in [-0.2, 0) is 20.0 Å². The quantitative estimate of drug-likeness (QED) is 0.481. The maximum Gasteiger partial charge on any atom is 1.00 e. The average Bonchev–Trinajstić information content (AvgIpc) is 1.52.